The van der Waals surface area contributed by atoms with Gasteiger partial charge in [-0.15, -0.1) is 10.2 Å². The molecule has 0 N–H and O–H groups in total. The number of aromatic nitrogens is 4. The summed E-state index contributed by atoms with van der Waals surface area (Å²) in [6, 6.07) is 7.43. The summed E-state index contributed by atoms with van der Waals surface area (Å²) in [5.41, 5.74) is 2.62. The Morgan fingerprint density at radius 2 is 2.00 bits per heavy atom. The lowest BCUT2D eigenvalue weighted by atomic mass is 10.1. The van der Waals surface area contributed by atoms with Crippen molar-refractivity contribution in [3.63, 3.8) is 0 Å². The van der Waals surface area contributed by atoms with E-state index in [4.69, 9.17) is 4.42 Å². The van der Waals surface area contributed by atoms with E-state index in [1.54, 1.807) is 43.5 Å². The van der Waals surface area contributed by atoms with Crippen molar-refractivity contribution in [2.45, 2.75) is 13.5 Å². The van der Waals surface area contributed by atoms with Gasteiger partial charge < -0.3 is 13.9 Å². The van der Waals surface area contributed by atoms with E-state index in [-0.39, 0.29) is 12.5 Å². The van der Waals surface area contributed by atoms with Crippen LogP contribution in [-0.2, 0) is 13.6 Å². The highest BCUT2D eigenvalue weighted by Crippen LogP contribution is 2.19. The zero-order valence-electron chi connectivity index (χ0n) is 13.2. The molecule has 0 spiro atoms. The molecule has 0 saturated carbocycles. The van der Waals surface area contributed by atoms with Gasteiger partial charge in [-0.25, -0.2) is 4.98 Å². The van der Waals surface area contributed by atoms with E-state index >= 15 is 0 Å². The summed E-state index contributed by atoms with van der Waals surface area (Å²) in [4.78, 5) is 18.1. The molecule has 1 aromatic carbocycles. The molecule has 118 valence electrons. The van der Waals surface area contributed by atoms with Crippen molar-refractivity contribution >= 4 is 5.91 Å². The first-order chi connectivity index (χ1) is 11.0. The summed E-state index contributed by atoms with van der Waals surface area (Å²) in [6.07, 6.45) is 3.54. The third-order valence-electron chi connectivity index (χ3n) is 3.53. The van der Waals surface area contributed by atoms with E-state index < -0.39 is 0 Å². The summed E-state index contributed by atoms with van der Waals surface area (Å²) in [5, 5.41) is 7.66. The lowest BCUT2D eigenvalue weighted by molar-refractivity contribution is 0.0772. The number of carbonyl (C=O) groups excluding carboxylic acids is 1. The molecular weight excluding hydrogens is 294 g/mol. The average molecular weight is 311 g/mol. The van der Waals surface area contributed by atoms with Crippen LogP contribution in [0.2, 0.25) is 0 Å². The molecule has 23 heavy (non-hydrogen) atoms. The van der Waals surface area contributed by atoms with Crippen LogP contribution in [0.25, 0.3) is 11.3 Å². The first-order valence-corrected chi connectivity index (χ1v) is 7.16. The van der Waals surface area contributed by atoms with Crippen molar-refractivity contribution in [2.24, 2.45) is 7.05 Å². The van der Waals surface area contributed by atoms with Crippen molar-refractivity contribution in [1.29, 1.82) is 0 Å². The number of hydrogen-bond acceptors (Lipinski definition) is 5. The third kappa shape index (κ3) is 3.13. The van der Waals surface area contributed by atoms with Crippen molar-refractivity contribution in [3.8, 4) is 11.3 Å². The monoisotopic (exact) mass is 311 g/mol. The van der Waals surface area contributed by atoms with Gasteiger partial charge in [0.1, 0.15) is 0 Å². The Kier molecular flexibility index (Phi) is 3.92. The fourth-order valence-corrected chi connectivity index (χ4v) is 2.32. The van der Waals surface area contributed by atoms with Crippen molar-refractivity contribution in [3.05, 3.63) is 54.1 Å². The van der Waals surface area contributed by atoms with E-state index in [0.717, 1.165) is 11.3 Å². The summed E-state index contributed by atoms with van der Waals surface area (Å²) >= 11 is 0. The van der Waals surface area contributed by atoms with Gasteiger partial charge in [-0.1, -0.05) is 12.1 Å². The summed E-state index contributed by atoms with van der Waals surface area (Å²) in [7, 11) is 3.64. The van der Waals surface area contributed by atoms with E-state index in [1.165, 1.54) is 0 Å². The van der Waals surface area contributed by atoms with E-state index in [1.807, 2.05) is 23.7 Å². The number of amides is 1. The number of rotatable bonds is 4. The topological polar surface area (TPSA) is 77.1 Å². The number of carbonyl (C=O) groups is 1. The molecular formula is C16H17N5O2. The van der Waals surface area contributed by atoms with E-state index in [0.29, 0.717) is 17.3 Å². The van der Waals surface area contributed by atoms with Crippen LogP contribution in [0, 0.1) is 6.92 Å². The first kappa shape index (κ1) is 15.0. The van der Waals surface area contributed by atoms with E-state index in [9.17, 15) is 4.79 Å². The molecule has 0 bridgehead atoms. The minimum atomic E-state index is -0.0996. The first-order valence-electron chi connectivity index (χ1n) is 7.16. The molecule has 0 aliphatic heterocycles. The van der Waals surface area contributed by atoms with Gasteiger partial charge in [-0.3, -0.25) is 4.79 Å². The molecule has 2 aromatic heterocycles. The van der Waals surface area contributed by atoms with Crippen LogP contribution in [-0.4, -0.2) is 37.6 Å². The van der Waals surface area contributed by atoms with Gasteiger partial charge in [0.05, 0.1) is 24.8 Å². The average Bonchev–Trinajstić information content (AvgIpc) is 3.15. The maximum Gasteiger partial charge on any atom is 0.254 e. The highest BCUT2D eigenvalue weighted by Gasteiger charge is 2.15. The highest BCUT2D eigenvalue weighted by molar-refractivity contribution is 5.94. The van der Waals surface area contributed by atoms with Crippen molar-refractivity contribution in [2.75, 3.05) is 7.05 Å². The molecule has 0 aliphatic carbocycles. The third-order valence-corrected chi connectivity index (χ3v) is 3.53. The Bertz CT molecular complexity index is 819. The van der Waals surface area contributed by atoms with Crippen LogP contribution in [0.3, 0.4) is 0 Å². The predicted molar refractivity (Wildman–Crippen MR) is 83.5 cm³/mol. The van der Waals surface area contributed by atoms with Crippen LogP contribution in [0.1, 0.15) is 22.1 Å². The normalized spacial score (nSPS) is 10.7. The molecule has 3 rings (SSSR count). The fraction of sp³-hybridized carbons (Fsp3) is 0.250. The lowest BCUT2D eigenvalue weighted by Gasteiger charge is -2.15. The Morgan fingerprint density at radius 1 is 1.26 bits per heavy atom. The molecule has 0 aliphatic rings. The number of aryl methyl sites for hydroxylation is 2. The smallest absolute Gasteiger partial charge is 0.254 e. The zero-order valence-corrected chi connectivity index (χ0v) is 13.2. The summed E-state index contributed by atoms with van der Waals surface area (Å²) in [6.45, 7) is 2.00. The fourth-order valence-electron chi connectivity index (χ4n) is 2.32. The van der Waals surface area contributed by atoms with Crippen molar-refractivity contribution < 1.29 is 9.21 Å². The van der Waals surface area contributed by atoms with Gasteiger partial charge in [-0.2, -0.15) is 0 Å². The van der Waals surface area contributed by atoms with Crippen LogP contribution < -0.4 is 0 Å². The standard InChI is InChI=1S/C16H17N5O2/c1-11-18-19-15(23-11)9-20(2)16(22)13-6-4-12(5-7-13)14-8-17-10-21(14)3/h4-8,10H,9H2,1-3H3. The minimum absolute atomic E-state index is 0.0996. The Balaban J connectivity index is 1.73. The minimum Gasteiger partial charge on any atom is -0.424 e. The molecule has 7 heteroatoms. The maximum atomic E-state index is 12.4. The second kappa shape index (κ2) is 6.04. The second-order valence-electron chi connectivity index (χ2n) is 5.34. The van der Waals surface area contributed by atoms with E-state index in [2.05, 4.69) is 15.2 Å². The predicted octanol–water partition coefficient (Wildman–Crippen LogP) is 2.05. The molecule has 0 radical (unpaired) electrons. The van der Waals surface area contributed by atoms with Crippen LogP contribution in [0.15, 0.2) is 41.2 Å². The lowest BCUT2D eigenvalue weighted by Crippen LogP contribution is -2.26. The number of imidazole rings is 1. The largest absolute Gasteiger partial charge is 0.424 e. The van der Waals surface area contributed by atoms with Gasteiger partial charge >= 0.3 is 0 Å². The Hall–Kier alpha value is -2.96. The molecule has 0 fully saturated rings. The van der Waals surface area contributed by atoms with Crippen LogP contribution in [0.4, 0.5) is 0 Å². The van der Waals surface area contributed by atoms with Gasteiger partial charge in [0.25, 0.3) is 5.91 Å². The molecule has 2 heterocycles. The summed E-state index contributed by atoms with van der Waals surface area (Å²) < 4.78 is 7.23. The number of hydrogen-bond donors (Lipinski definition) is 0. The second-order valence-corrected chi connectivity index (χ2v) is 5.34. The zero-order chi connectivity index (χ0) is 16.4. The molecule has 7 nitrogen and oxygen atoms in total. The summed E-state index contributed by atoms with van der Waals surface area (Å²) in [5.74, 6) is 0.809. The molecule has 1 amide bonds. The molecule has 0 unspecified atom stereocenters. The number of benzene rings is 1. The molecule has 0 saturated heterocycles. The van der Waals surface area contributed by atoms with Crippen molar-refractivity contribution in [1.82, 2.24) is 24.6 Å². The number of nitrogens with zero attached hydrogens (tertiary/aromatic N) is 5. The Labute approximate surface area is 133 Å². The van der Waals surface area contributed by atoms with Gasteiger partial charge in [0, 0.05) is 26.6 Å². The van der Waals surface area contributed by atoms with Gasteiger partial charge in [0.2, 0.25) is 11.8 Å². The highest BCUT2D eigenvalue weighted by atomic mass is 16.4. The maximum absolute atomic E-state index is 12.4. The van der Waals surface area contributed by atoms with Crippen LogP contribution >= 0.6 is 0 Å². The molecule has 3 aromatic rings. The Morgan fingerprint density at radius 3 is 2.57 bits per heavy atom. The SMILES string of the molecule is Cc1nnc(CN(C)C(=O)c2ccc(-c3cncn3C)cc2)o1. The van der Waals surface area contributed by atoms with Gasteiger partial charge in [-0.05, 0) is 17.7 Å². The molecule has 0 atom stereocenters. The van der Waals surface area contributed by atoms with Crippen LogP contribution in [0.5, 0.6) is 0 Å². The van der Waals surface area contributed by atoms with Gasteiger partial charge in [0.15, 0.2) is 0 Å². The quantitative estimate of drug-likeness (QED) is 0.737.